The van der Waals surface area contributed by atoms with Crippen molar-refractivity contribution in [3.63, 3.8) is 0 Å². The summed E-state index contributed by atoms with van der Waals surface area (Å²) in [6, 6.07) is 7.33. The first kappa shape index (κ1) is 11.5. The third-order valence-electron chi connectivity index (χ3n) is 2.15. The number of halogens is 1. The predicted molar refractivity (Wildman–Crippen MR) is 62.9 cm³/mol. The molecule has 0 bridgehead atoms. The van der Waals surface area contributed by atoms with Crippen LogP contribution in [0.1, 0.15) is 11.4 Å². The first-order chi connectivity index (χ1) is 8.15. The summed E-state index contributed by atoms with van der Waals surface area (Å²) in [5, 5.41) is 11.1. The van der Waals surface area contributed by atoms with Gasteiger partial charge in [-0.3, -0.25) is 10.1 Å². The van der Waals surface area contributed by atoms with Crippen LogP contribution in [-0.2, 0) is 6.42 Å². The summed E-state index contributed by atoms with van der Waals surface area (Å²) in [5.74, 6) is 0.526. The van der Waals surface area contributed by atoms with Crippen molar-refractivity contribution in [2.45, 2.75) is 6.42 Å². The fourth-order valence-electron chi connectivity index (χ4n) is 1.36. The highest BCUT2D eigenvalue weighted by molar-refractivity contribution is 6.30. The van der Waals surface area contributed by atoms with Crippen LogP contribution in [0.15, 0.2) is 36.7 Å². The first-order valence-corrected chi connectivity index (χ1v) is 5.23. The summed E-state index contributed by atoms with van der Waals surface area (Å²) in [6.07, 6.45) is 2.90. The third-order valence-corrected chi connectivity index (χ3v) is 2.39. The highest BCUT2D eigenvalue weighted by Crippen LogP contribution is 2.13. The maximum atomic E-state index is 10.4. The van der Waals surface area contributed by atoms with Crippen molar-refractivity contribution in [3.8, 4) is 0 Å². The molecule has 0 spiro atoms. The molecule has 0 fully saturated rings. The summed E-state index contributed by atoms with van der Waals surface area (Å²) in [6.45, 7) is 0. The zero-order valence-electron chi connectivity index (χ0n) is 8.71. The summed E-state index contributed by atoms with van der Waals surface area (Å²) >= 11 is 5.85. The highest BCUT2D eigenvalue weighted by atomic mass is 35.5. The molecule has 0 radical (unpaired) electrons. The zero-order chi connectivity index (χ0) is 12.3. The average Bonchev–Trinajstić information content (AvgIpc) is 2.29. The van der Waals surface area contributed by atoms with Crippen molar-refractivity contribution >= 4 is 17.3 Å². The van der Waals surface area contributed by atoms with Gasteiger partial charge < -0.3 is 0 Å². The summed E-state index contributed by atoms with van der Waals surface area (Å²) < 4.78 is 0. The van der Waals surface area contributed by atoms with E-state index in [1.807, 2.05) is 18.2 Å². The minimum atomic E-state index is -0.525. The Morgan fingerprint density at radius 1 is 1.29 bits per heavy atom. The fraction of sp³-hybridized carbons (Fsp3) is 0.0909. The van der Waals surface area contributed by atoms with E-state index in [-0.39, 0.29) is 5.69 Å². The molecule has 0 aliphatic rings. The van der Waals surface area contributed by atoms with E-state index in [0.29, 0.717) is 17.3 Å². The fourth-order valence-corrected chi connectivity index (χ4v) is 1.58. The number of aromatic nitrogens is 2. The van der Waals surface area contributed by atoms with E-state index in [1.165, 1.54) is 12.4 Å². The molecule has 1 aromatic heterocycles. The molecule has 6 heteroatoms. The third kappa shape index (κ3) is 2.98. The van der Waals surface area contributed by atoms with E-state index in [0.717, 1.165) is 5.56 Å². The lowest BCUT2D eigenvalue weighted by Gasteiger charge is -2.00. The van der Waals surface area contributed by atoms with Crippen LogP contribution >= 0.6 is 11.6 Å². The molecule has 5 nitrogen and oxygen atoms in total. The Morgan fingerprint density at radius 2 is 2.00 bits per heavy atom. The number of benzene rings is 1. The average molecular weight is 250 g/mol. The van der Waals surface area contributed by atoms with E-state index in [2.05, 4.69) is 9.97 Å². The maximum Gasteiger partial charge on any atom is 0.305 e. The van der Waals surface area contributed by atoms with Crippen LogP contribution in [0.4, 0.5) is 5.69 Å². The molecular weight excluding hydrogens is 242 g/mol. The lowest BCUT2D eigenvalue weighted by atomic mass is 10.1. The Labute approximate surface area is 102 Å². The molecule has 0 N–H and O–H groups in total. The van der Waals surface area contributed by atoms with Crippen molar-refractivity contribution in [3.05, 3.63) is 63.2 Å². The molecule has 0 atom stereocenters. The molecule has 0 amide bonds. The largest absolute Gasteiger partial charge is 0.305 e. The molecular formula is C11H8ClN3O2. The molecule has 2 rings (SSSR count). The molecule has 0 aliphatic carbocycles. The van der Waals surface area contributed by atoms with Crippen molar-refractivity contribution in [1.29, 1.82) is 0 Å². The van der Waals surface area contributed by atoms with Crippen molar-refractivity contribution < 1.29 is 4.92 Å². The molecule has 0 unspecified atom stereocenters. The van der Waals surface area contributed by atoms with E-state index < -0.39 is 4.92 Å². The Kier molecular flexibility index (Phi) is 3.30. The van der Waals surface area contributed by atoms with Gasteiger partial charge in [-0.2, -0.15) is 0 Å². The predicted octanol–water partition coefficient (Wildman–Crippen LogP) is 2.63. The van der Waals surface area contributed by atoms with Crippen molar-refractivity contribution in [2.75, 3.05) is 0 Å². The molecule has 1 heterocycles. The normalized spacial score (nSPS) is 10.2. The van der Waals surface area contributed by atoms with Crippen LogP contribution < -0.4 is 0 Å². The van der Waals surface area contributed by atoms with Crippen LogP contribution in [0.2, 0.25) is 5.02 Å². The van der Waals surface area contributed by atoms with Gasteiger partial charge in [0.2, 0.25) is 0 Å². The Bertz CT molecular complexity index is 543. The maximum absolute atomic E-state index is 10.4. The Morgan fingerprint density at radius 3 is 2.59 bits per heavy atom. The van der Waals surface area contributed by atoms with E-state index in [9.17, 15) is 10.1 Å². The minimum Gasteiger partial charge on any atom is -0.258 e. The number of nitro groups is 1. The number of hydrogen-bond acceptors (Lipinski definition) is 4. The Hall–Kier alpha value is -2.01. The topological polar surface area (TPSA) is 68.9 Å². The molecule has 1 aromatic carbocycles. The first-order valence-electron chi connectivity index (χ1n) is 4.85. The van der Waals surface area contributed by atoms with Crippen LogP contribution in [0.25, 0.3) is 0 Å². The lowest BCUT2D eigenvalue weighted by molar-refractivity contribution is -0.385. The molecule has 86 valence electrons. The van der Waals surface area contributed by atoms with Crippen molar-refractivity contribution in [2.24, 2.45) is 0 Å². The second-order valence-electron chi connectivity index (χ2n) is 3.42. The van der Waals surface area contributed by atoms with Crippen molar-refractivity contribution in [1.82, 2.24) is 9.97 Å². The smallest absolute Gasteiger partial charge is 0.258 e. The van der Waals surface area contributed by atoms with Crippen LogP contribution in [0.3, 0.4) is 0 Å². The van der Waals surface area contributed by atoms with Gasteiger partial charge in [0.15, 0.2) is 0 Å². The number of hydrogen-bond donors (Lipinski definition) is 0. The SMILES string of the molecule is O=[N+]([O-])c1cnc(Cc2cccc(Cl)c2)nc1. The summed E-state index contributed by atoms with van der Waals surface area (Å²) in [7, 11) is 0. The number of nitrogens with zero attached hydrogens (tertiary/aromatic N) is 3. The highest BCUT2D eigenvalue weighted by Gasteiger charge is 2.07. The van der Waals surface area contributed by atoms with Gasteiger partial charge in [0, 0.05) is 11.4 Å². The molecule has 0 saturated heterocycles. The van der Waals surface area contributed by atoms with E-state index in [4.69, 9.17) is 11.6 Å². The second kappa shape index (κ2) is 4.88. The monoisotopic (exact) mass is 249 g/mol. The van der Waals surface area contributed by atoms with Gasteiger partial charge in [-0.25, -0.2) is 9.97 Å². The van der Waals surface area contributed by atoms with Gasteiger partial charge in [0.1, 0.15) is 18.2 Å². The van der Waals surface area contributed by atoms with E-state index >= 15 is 0 Å². The van der Waals surface area contributed by atoms with Gasteiger partial charge in [0.25, 0.3) is 0 Å². The lowest BCUT2D eigenvalue weighted by Crippen LogP contribution is -1.98. The van der Waals surface area contributed by atoms with Crippen LogP contribution in [0.5, 0.6) is 0 Å². The number of rotatable bonds is 3. The van der Waals surface area contributed by atoms with Crippen LogP contribution in [-0.4, -0.2) is 14.9 Å². The van der Waals surface area contributed by atoms with Gasteiger partial charge in [-0.1, -0.05) is 23.7 Å². The minimum absolute atomic E-state index is 0.111. The zero-order valence-corrected chi connectivity index (χ0v) is 9.46. The van der Waals surface area contributed by atoms with Gasteiger partial charge in [-0.05, 0) is 17.7 Å². The quantitative estimate of drug-likeness (QED) is 0.619. The molecule has 17 heavy (non-hydrogen) atoms. The van der Waals surface area contributed by atoms with E-state index in [1.54, 1.807) is 6.07 Å². The summed E-state index contributed by atoms with van der Waals surface area (Å²) in [5.41, 5.74) is 0.853. The van der Waals surface area contributed by atoms with Gasteiger partial charge in [-0.15, -0.1) is 0 Å². The molecule has 2 aromatic rings. The molecule has 0 saturated carbocycles. The standard InChI is InChI=1S/C11H8ClN3O2/c12-9-3-1-2-8(4-9)5-11-13-6-10(7-14-11)15(16)17/h1-4,6-7H,5H2. The Balaban J connectivity index is 2.16. The van der Waals surface area contributed by atoms with Gasteiger partial charge >= 0.3 is 5.69 Å². The van der Waals surface area contributed by atoms with Gasteiger partial charge in [0.05, 0.1) is 4.92 Å². The summed E-state index contributed by atoms with van der Waals surface area (Å²) in [4.78, 5) is 17.8. The van der Waals surface area contributed by atoms with Crippen LogP contribution in [0, 0.1) is 10.1 Å². The molecule has 0 aliphatic heterocycles. The second-order valence-corrected chi connectivity index (χ2v) is 3.86.